The van der Waals surface area contributed by atoms with Gasteiger partial charge in [0.25, 0.3) is 5.91 Å². The summed E-state index contributed by atoms with van der Waals surface area (Å²) < 4.78 is 27.2. The summed E-state index contributed by atoms with van der Waals surface area (Å²) in [6.07, 6.45) is 0.113. The molecule has 1 N–H and O–H groups in total. The Morgan fingerprint density at radius 1 is 1.08 bits per heavy atom. The van der Waals surface area contributed by atoms with Crippen molar-refractivity contribution in [3.63, 3.8) is 0 Å². The van der Waals surface area contributed by atoms with Gasteiger partial charge in [-0.2, -0.15) is 0 Å². The first-order chi connectivity index (χ1) is 12.4. The van der Waals surface area contributed by atoms with Gasteiger partial charge in [0, 0.05) is 30.3 Å². The maximum atomic E-state index is 13.6. The van der Waals surface area contributed by atoms with Crippen molar-refractivity contribution >= 4 is 5.91 Å². The lowest BCUT2D eigenvalue weighted by atomic mass is 10.1. The molecule has 140 valence electrons. The summed E-state index contributed by atoms with van der Waals surface area (Å²) in [7, 11) is 0. The highest BCUT2D eigenvalue weighted by Crippen LogP contribution is 2.13. The van der Waals surface area contributed by atoms with Crippen LogP contribution in [0.4, 0.5) is 8.78 Å². The van der Waals surface area contributed by atoms with E-state index >= 15 is 0 Å². The van der Waals surface area contributed by atoms with Gasteiger partial charge < -0.3 is 5.32 Å². The molecule has 0 spiro atoms. The van der Waals surface area contributed by atoms with E-state index in [1.807, 2.05) is 12.1 Å². The van der Waals surface area contributed by atoms with E-state index in [1.165, 1.54) is 18.2 Å². The molecule has 0 radical (unpaired) electrons. The molecule has 0 heterocycles. The van der Waals surface area contributed by atoms with Gasteiger partial charge in [0.05, 0.1) is 0 Å². The van der Waals surface area contributed by atoms with E-state index in [-0.39, 0.29) is 24.4 Å². The Morgan fingerprint density at radius 3 is 2.23 bits per heavy atom. The monoisotopic (exact) mass is 360 g/mol. The first-order valence-electron chi connectivity index (χ1n) is 8.96. The van der Waals surface area contributed by atoms with Crippen molar-refractivity contribution in [3.8, 4) is 0 Å². The van der Waals surface area contributed by atoms with Gasteiger partial charge in [-0.05, 0) is 56.6 Å². The van der Waals surface area contributed by atoms with Crippen molar-refractivity contribution in [3.05, 3.63) is 70.8 Å². The Balaban J connectivity index is 1.90. The summed E-state index contributed by atoms with van der Waals surface area (Å²) in [4.78, 5) is 14.5. The summed E-state index contributed by atoms with van der Waals surface area (Å²) in [6, 6.07) is 11.7. The topological polar surface area (TPSA) is 32.3 Å². The zero-order valence-corrected chi connectivity index (χ0v) is 15.6. The van der Waals surface area contributed by atoms with Crippen LogP contribution in [-0.2, 0) is 13.0 Å². The van der Waals surface area contributed by atoms with Gasteiger partial charge in [-0.1, -0.05) is 25.1 Å². The standard InChI is InChI=1S/C21H26F2N2O/c1-4-25(15(2)3)14-16-8-10-17(11-9-16)21(26)24-13-12-18-19(22)6-5-7-20(18)23/h5-11,15H,4,12-14H2,1-3H3,(H,24,26). The number of nitrogens with zero attached hydrogens (tertiary/aromatic N) is 1. The van der Waals surface area contributed by atoms with Crippen LogP contribution in [0.25, 0.3) is 0 Å². The fourth-order valence-electron chi connectivity index (χ4n) is 2.83. The number of halogens is 2. The summed E-state index contributed by atoms with van der Waals surface area (Å²) in [5.74, 6) is -1.42. The number of carbonyl (C=O) groups is 1. The maximum absolute atomic E-state index is 13.6. The second-order valence-corrected chi connectivity index (χ2v) is 6.56. The molecule has 0 atom stereocenters. The van der Waals surface area contributed by atoms with Crippen LogP contribution in [0.1, 0.15) is 42.3 Å². The maximum Gasteiger partial charge on any atom is 0.251 e. The molecule has 0 aromatic heterocycles. The average molecular weight is 360 g/mol. The molecule has 0 bridgehead atoms. The van der Waals surface area contributed by atoms with Crippen LogP contribution < -0.4 is 5.32 Å². The van der Waals surface area contributed by atoms with Crippen molar-refractivity contribution in [2.45, 2.75) is 39.8 Å². The predicted molar refractivity (Wildman–Crippen MR) is 100 cm³/mol. The SMILES string of the molecule is CCN(Cc1ccc(C(=O)NCCc2c(F)cccc2F)cc1)C(C)C. The highest BCUT2D eigenvalue weighted by molar-refractivity contribution is 5.94. The number of rotatable bonds is 8. The first-order valence-corrected chi connectivity index (χ1v) is 8.96. The van der Waals surface area contributed by atoms with Crippen LogP contribution in [0.15, 0.2) is 42.5 Å². The Labute approximate surface area is 154 Å². The molecule has 0 saturated carbocycles. The van der Waals surface area contributed by atoms with E-state index < -0.39 is 11.6 Å². The summed E-state index contributed by atoms with van der Waals surface area (Å²) >= 11 is 0. The second-order valence-electron chi connectivity index (χ2n) is 6.56. The van der Waals surface area contributed by atoms with Crippen LogP contribution in [0.2, 0.25) is 0 Å². The minimum absolute atomic E-state index is 0.00325. The van der Waals surface area contributed by atoms with Crippen molar-refractivity contribution in [1.82, 2.24) is 10.2 Å². The Bertz CT molecular complexity index is 709. The highest BCUT2D eigenvalue weighted by atomic mass is 19.1. The first kappa shape index (κ1) is 20.0. The molecule has 0 aliphatic rings. The van der Waals surface area contributed by atoms with Gasteiger partial charge >= 0.3 is 0 Å². The zero-order valence-electron chi connectivity index (χ0n) is 15.6. The smallest absolute Gasteiger partial charge is 0.251 e. The fourth-order valence-corrected chi connectivity index (χ4v) is 2.83. The number of hydrogen-bond donors (Lipinski definition) is 1. The summed E-state index contributed by atoms with van der Waals surface area (Å²) in [6.45, 7) is 8.41. The van der Waals surface area contributed by atoms with Gasteiger partial charge in [-0.15, -0.1) is 0 Å². The molecule has 0 fully saturated rings. The molecule has 2 aromatic carbocycles. The molecular formula is C21H26F2N2O. The lowest BCUT2D eigenvalue weighted by Crippen LogP contribution is -2.30. The van der Waals surface area contributed by atoms with Gasteiger partial charge in [0.1, 0.15) is 11.6 Å². The molecule has 0 saturated heterocycles. The quantitative estimate of drug-likeness (QED) is 0.766. The van der Waals surface area contributed by atoms with E-state index in [4.69, 9.17) is 0 Å². The van der Waals surface area contributed by atoms with Crippen LogP contribution in [-0.4, -0.2) is 29.9 Å². The molecule has 1 amide bonds. The van der Waals surface area contributed by atoms with E-state index in [0.717, 1.165) is 18.7 Å². The normalized spacial score (nSPS) is 11.2. The average Bonchev–Trinajstić information content (AvgIpc) is 2.62. The Kier molecular flexibility index (Phi) is 7.27. The lowest BCUT2D eigenvalue weighted by Gasteiger charge is -2.24. The largest absolute Gasteiger partial charge is 0.352 e. The number of hydrogen-bond acceptors (Lipinski definition) is 2. The molecule has 5 heteroatoms. The van der Waals surface area contributed by atoms with Crippen molar-refractivity contribution in [2.24, 2.45) is 0 Å². The van der Waals surface area contributed by atoms with Crippen LogP contribution in [0, 0.1) is 11.6 Å². The van der Waals surface area contributed by atoms with Crippen molar-refractivity contribution in [2.75, 3.05) is 13.1 Å². The van der Waals surface area contributed by atoms with E-state index in [1.54, 1.807) is 12.1 Å². The third-order valence-electron chi connectivity index (χ3n) is 4.46. The van der Waals surface area contributed by atoms with Gasteiger partial charge in [0.15, 0.2) is 0 Å². The lowest BCUT2D eigenvalue weighted by molar-refractivity contribution is 0.0954. The van der Waals surface area contributed by atoms with E-state index in [0.29, 0.717) is 11.6 Å². The summed E-state index contributed by atoms with van der Waals surface area (Å²) in [5.41, 5.74) is 1.68. The van der Waals surface area contributed by atoms with Gasteiger partial charge in [-0.3, -0.25) is 9.69 Å². The number of nitrogens with one attached hydrogen (secondary N) is 1. The minimum atomic E-state index is -0.589. The molecule has 0 aliphatic carbocycles. The zero-order chi connectivity index (χ0) is 19.1. The van der Waals surface area contributed by atoms with Crippen LogP contribution in [0.5, 0.6) is 0 Å². The van der Waals surface area contributed by atoms with Gasteiger partial charge in [-0.25, -0.2) is 8.78 Å². The van der Waals surface area contributed by atoms with E-state index in [9.17, 15) is 13.6 Å². The van der Waals surface area contributed by atoms with Crippen LogP contribution in [0.3, 0.4) is 0 Å². The number of carbonyl (C=O) groups excluding carboxylic acids is 1. The Morgan fingerprint density at radius 2 is 1.69 bits per heavy atom. The molecule has 2 rings (SSSR count). The number of benzene rings is 2. The Hall–Kier alpha value is -2.27. The minimum Gasteiger partial charge on any atom is -0.352 e. The number of amides is 1. The van der Waals surface area contributed by atoms with E-state index in [2.05, 4.69) is 31.0 Å². The van der Waals surface area contributed by atoms with Crippen LogP contribution >= 0.6 is 0 Å². The molecular weight excluding hydrogens is 334 g/mol. The highest BCUT2D eigenvalue weighted by Gasteiger charge is 2.11. The second kappa shape index (κ2) is 9.43. The van der Waals surface area contributed by atoms with Crippen molar-refractivity contribution < 1.29 is 13.6 Å². The third kappa shape index (κ3) is 5.36. The van der Waals surface area contributed by atoms with Crippen molar-refractivity contribution in [1.29, 1.82) is 0 Å². The third-order valence-corrected chi connectivity index (χ3v) is 4.46. The molecule has 0 unspecified atom stereocenters. The summed E-state index contributed by atoms with van der Waals surface area (Å²) in [5, 5.41) is 2.71. The van der Waals surface area contributed by atoms with Gasteiger partial charge in [0.2, 0.25) is 0 Å². The molecule has 3 nitrogen and oxygen atoms in total. The molecule has 2 aromatic rings. The predicted octanol–water partition coefficient (Wildman–Crippen LogP) is 4.17. The molecule has 0 aliphatic heterocycles. The molecule has 26 heavy (non-hydrogen) atoms. The fraction of sp³-hybridized carbons (Fsp3) is 0.381.